The molecule has 0 unspecified atom stereocenters. The Bertz CT molecular complexity index is 410. The van der Waals surface area contributed by atoms with Crippen molar-refractivity contribution in [3.8, 4) is 0 Å². The van der Waals surface area contributed by atoms with E-state index in [-0.39, 0.29) is 5.91 Å². The van der Waals surface area contributed by atoms with Crippen LogP contribution in [0.5, 0.6) is 0 Å². The molecule has 1 N–H and O–H groups in total. The second-order valence-electron chi connectivity index (χ2n) is 4.37. The Morgan fingerprint density at radius 1 is 1.33 bits per heavy atom. The molecule has 0 aromatic heterocycles. The number of rotatable bonds is 6. The summed E-state index contributed by atoms with van der Waals surface area (Å²) in [6.45, 7) is 4.71. The Hall–Kier alpha value is -1.10. The first-order valence-electron chi connectivity index (χ1n) is 5.83. The minimum atomic E-state index is -0.857. The van der Waals surface area contributed by atoms with E-state index in [1.807, 2.05) is 13.8 Å². The van der Waals surface area contributed by atoms with Crippen molar-refractivity contribution < 1.29 is 13.6 Å². The summed E-state index contributed by atoms with van der Waals surface area (Å²) in [6, 6.07) is 3.75. The van der Waals surface area contributed by atoms with Crippen LogP contribution in [0.3, 0.4) is 0 Å². The zero-order valence-electron chi connectivity index (χ0n) is 10.5. The fourth-order valence-electron chi connectivity index (χ4n) is 1.23. The molecule has 5 heteroatoms. The molecule has 0 saturated heterocycles. The van der Waals surface area contributed by atoms with Gasteiger partial charge in [0, 0.05) is 23.6 Å². The highest BCUT2D eigenvalue weighted by molar-refractivity contribution is 7.99. The average Bonchev–Trinajstić information content (AvgIpc) is 2.31. The zero-order valence-corrected chi connectivity index (χ0v) is 11.3. The maximum atomic E-state index is 12.9. The number of halogens is 2. The molecule has 18 heavy (non-hydrogen) atoms. The van der Waals surface area contributed by atoms with Crippen molar-refractivity contribution in [3.05, 3.63) is 29.8 Å². The molecule has 1 amide bonds. The van der Waals surface area contributed by atoms with E-state index in [0.29, 0.717) is 29.5 Å². The lowest BCUT2D eigenvalue weighted by Crippen LogP contribution is -2.27. The molecule has 2 nitrogen and oxygen atoms in total. The number of benzene rings is 1. The van der Waals surface area contributed by atoms with Crippen LogP contribution >= 0.6 is 11.8 Å². The Morgan fingerprint density at radius 3 is 2.67 bits per heavy atom. The molecule has 0 aliphatic rings. The van der Waals surface area contributed by atoms with E-state index in [4.69, 9.17) is 0 Å². The van der Waals surface area contributed by atoms with E-state index in [1.165, 1.54) is 17.8 Å². The molecule has 0 bridgehead atoms. The Morgan fingerprint density at radius 2 is 2.06 bits per heavy atom. The van der Waals surface area contributed by atoms with Gasteiger partial charge in [-0.1, -0.05) is 13.8 Å². The number of nitrogens with one attached hydrogen (secondary N) is 1. The molecule has 1 aromatic rings. The maximum absolute atomic E-state index is 12.9. The summed E-state index contributed by atoms with van der Waals surface area (Å²) < 4.78 is 25.6. The minimum Gasteiger partial charge on any atom is -0.356 e. The van der Waals surface area contributed by atoms with Crippen LogP contribution in [-0.4, -0.2) is 18.2 Å². The maximum Gasteiger partial charge on any atom is 0.220 e. The largest absolute Gasteiger partial charge is 0.356 e. The average molecular weight is 273 g/mol. The van der Waals surface area contributed by atoms with Crippen molar-refractivity contribution in [1.29, 1.82) is 0 Å². The first-order valence-corrected chi connectivity index (χ1v) is 6.82. The molecule has 0 fully saturated rings. The molecule has 0 spiro atoms. The molecule has 100 valence electrons. The molecule has 0 atom stereocenters. The van der Waals surface area contributed by atoms with Crippen LogP contribution in [0.4, 0.5) is 8.78 Å². The zero-order chi connectivity index (χ0) is 13.5. The fourth-order valence-corrected chi connectivity index (χ4v) is 2.11. The van der Waals surface area contributed by atoms with Crippen LogP contribution in [-0.2, 0) is 4.79 Å². The Labute approximate surface area is 110 Å². The summed E-state index contributed by atoms with van der Waals surface area (Å²) in [6.07, 6.45) is 0.371. The summed E-state index contributed by atoms with van der Waals surface area (Å²) in [4.78, 5) is 12.0. The molecule has 0 saturated carbocycles. The van der Waals surface area contributed by atoms with E-state index in [2.05, 4.69) is 5.32 Å². The highest BCUT2D eigenvalue weighted by Crippen LogP contribution is 2.20. The molecule has 0 aliphatic carbocycles. The quantitative estimate of drug-likeness (QED) is 0.806. The van der Waals surface area contributed by atoms with Gasteiger partial charge in [-0.2, -0.15) is 0 Å². The van der Waals surface area contributed by atoms with E-state index >= 15 is 0 Å². The van der Waals surface area contributed by atoms with Gasteiger partial charge in [0.05, 0.1) is 0 Å². The van der Waals surface area contributed by atoms with Crippen LogP contribution in [0.2, 0.25) is 0 Å². The molecule has 0 aliphatic heterocycles. The summed E-state index contributed by atoms with van der Waals surface area (Å²) in [5.41, 5.74) is 0. The van der Waals surface area contributed by atoms with Gasteiger partial charge in [-0.05, 0) is 24.1 Å². The highest BCUT2D eigenvalue weighted by Gasteiger charge is 2.05. The van der Waals surface area contributed by atoms with Crippen molar-refractivity contribution >= 4 is 17.7 Å². The fraction of sp³-hybridized carbons (Fsp3) is 0.462. The minimum absolute atomic E-state index is 0.0150. The van der Waals surface area contributed by atoms with Gasteiger partial charge in [-0.25, -0.2) is 8.78 Å². The van der Waals surface area contributed by atoms with E-state index < -0.39 is 11.6 Å². The molecule has 1 rings (SSSR count). The lowest BCUT2D eigenvalue weighted by molar-refractivity contribution is -0.120. The van der Waals surface area contributed by atoms with E-state index in [1.54, 1.807) is 0 Å². The van der Waals surface area contributed by atoms with Crippen molar-refractivity contribution in [2.45, 2.75) is 25.2 Å². The van der Waals surface area contributed by atoms with E-state index in [0.717, 1.165) is 12.1 Å². The number of hydrogen-bond donors (Lipinski definition) is 1. The molecule has 1 aromatic carbocycles. The monoisotopic (exact) mass is 273 g/mol. The predicted molar refractivity (Wildman–Crippen MR) is 69.5 cm³/mol. The number of carbonyl (C=O) groups is 1. The Kier molecular flexibility index (Phi) is 6.12. The normalized spacial score (nSPS) is 10.7. The SMILES string of the molecule is CC(C)CNC(=O)CCSc1ccc(F)c(F)c1. The predicted octanol–water partition coefficient (Wildman–Crippen LogP) is 3.22. The van der Waals surface area contributed by atoms with Crippen molar-refractivity contribution in [3.63, 3.8) is 0 Å². The first kappa shape index (κ1) is 15.0. The highest BCUT2D eigenvalue weighted by atomic mass is 32.2. The number of carbonyl (C=O) groups excluding carboxylic acids is 1. The van der Waals surface area contributed by atoms with Gasteiger partial charge in [0.1, 0.15) is 0 Å². The summed E-state index contributed by atoms with van der Waals surface area (Å²) in [5, 5.41) is 2.80. The third-order valence-corrected chi connectivity index (χ3v) is 3.19. The van der Waals surface area contributed by atoms with Gasteiger partial charge in [-0.15, -0.1) is 11.8 Å². The van der Waals surface area contributed by atoms with Gasteiger partial charge < -0.3 is 5.32 Å². The van der Waals surface area contributed by atoms with E-state index in [9.17, 15) is 13.6 Å². The van der Waals surface area contributed by atoms with Gasteiger partial charge >= 0.3 is 0 Å². The van der Waals surface area contributed by atoms with Gasteiger partial charge in [-0.3, -0.25) is 4.79 Å². The molecular weight excluding hydrogens is 256 g/mol. The molecule has 0 heterocycles. The van der Waals surface area contributed by atoms with Gasteiger partial charge in [0.2, 0.25) is 5.91 Å². The van der Waals surface area contributed by atoms with Crippen LogP contribution in [0, 0.1) is 17.6 Å². The van der Waals surface area contributed by atoms with Crippen LogP contribution < -0.4 is 5.32 Å². The topological polar surface area (TPSA) is 29.1 Å². The smallest absolute Gasteiger partial charge is 0.220 e. The van der Waals surface area contributed by atoms with Gasteiger partial charge in [0.25, 0.3) is 0 Å². The number of hydrogen-bond acceptors (Lipinski definition) is 2. The van der Waals surface area contributed by atoms with Crippen molar-refractivity contribution in [2.24, 2.45) is 5.92 Å². The third-order valence-electron chi connectivity index (χ3n) is 2.20. The van der Waals surface area contributed by atoms with Crippen LogP contribution in [0.15, 0.2) is 23.1 Å². The second-order valence-corrected chi connectivity index (χ2v) is 5.54. The molecular formula is C13H17F2NOS. The lowest BCUT2D eigenvalue weighted by atomic mass is 10.2. The number of amides is 1. The molecule has 0 radical (unpaired) electrons. The standard InChI is InChI=1S/C13H17F2NOS/c1-9(2)8-16-13(17)5-6-18-10-3-4-11(14)12(15)7-10/h3-4,7,9H,5-6,8H2,1-2H3,(H,16,17). The Balaban J connectivity index is 2.28. The van der Waals surface area contributed by atoms with Crippen LogP contribution in [0.1, 0.15) is 20.3 Å². The summed E-state index contributed by atoms with van der Waals surface area (Å²) in [7, 11) is 0. The first-order chi connectivity index (χ1) is 8.49. The summed E-state index contributed by atoms with van der Waals surface area (Å²) >= 11 is 1.34. The summed E-state index contributed by atoms with van der Waals surface area (Å²) in [5.74, 6) is -0.750. The van der Waals surface area contributed by atoms with Crippen LogP contribution in [0.25, 0.3) is 0 Å². The number of thioether (sulfide) groups is 1. The second kappa shape index (κ2) is 7.36. The van der Waals surface area contributed by atoms with Crippen molar-refractivity contribution in [2.75, 3.05) is 12.3 Å². The lowest BCUT2D eigenvalue weighted by Gasteiger charge is -2.07. The third kappa shape index (κ3) is 5.49. The van der Waals surface area contributed by atoms with Gasteiger partial charge in [0.15, 0.2) is 11.6 Å². The van der Waals surface area contributed by atoms with Crippen molar-refractivity contribution in [1.82, 2.24) is 5.32 Å².